The largest absolute Gasteiger partial charge is 0.492 e. The van der Waals surface area contributed by atoms with Gasteiger partial charge in [-0.05, 0) is 47.5 Å². The van der Waals surface area contributed by atoms with Gasteiger partial charge < -0.3 is 10.1 Å². The molecule has 0 aliphatic carbocycles. The number of hydrogen-bond acceptors (Lipinski definition) is 5. The van der Waals surface area contributed by atoms with E-state index in [1.54, 1.807) is 32.9 Å². The molecule has 0 fully saturated rings. The average molecular weight is 397 g/mol. The summed E-state index contributed by atoms with van der Waals surface area (Å²) in [4.78, 5) is 12.3. The Bertz CT molecular complexity index is 829. The van der Waals surface area contributed by atoms with E-state index in [1.807, 2.05) is 16.8 Å². The lowest BCUT2D eigenvalue weighted by atomic mass is 10.2. The van der Waals surface area contributed by atoms with Gasteiger partial charge in [-0.3, -0.25) is 4.79 Å². The van der Waals surface area contributed by atoms with Crippen LogP contribution >= 0.6 is 11.3 Å². The third-order valence-electron chi connectivity index (χ3n) is 3.80. The maximum Gasteiger partial charge on any atom is 0.246 e. The van der Waals surface area contributed by atoms with Gasteiger partial charge in [0.2, 0.25) is 15.9 Å². The number of carbonyl (C=O) groups is 1. The first-order chi connectivity index (χ1) is 12.4. The predicted octanol–water partition coefficient (Wildman–Crippen LogP) is 3.36. The van der Waals surface area contributed by atoms with Crippen LogP contribution in [0.1, 0.15) is 26.3 Å². The number of thiophene rings is 1. The minimum absolute atomic E-state index is 0.0661. The number of nitrogens with zero attached hydrogens (tertiary/aromatic N) is 1. The van der Waals surface area contributed by atoms with Crippen LogP contribution < -0.4 is 10.1 Å². The van der Waals surface area contributed by atoms with Crippen LogP contribution in [-0.2, 0) is 21.2 Å². The Morgan fingerprint density at radius 3 is 2.50 bits per heavy atom. The number of carbonyl (C=O) groups excluding carboxylic acids is 1. The summed E-state index contributed by atoms with van der Waals surface area (Å²) in [6, 6.07) is 6.58. The number of amides is 1. The van der Waals surface area contributed by atoms with Crippen LogP contribution in [0.2, 0.25) is 0 Å². The van der Waals surface area contributed by atoms with E-state index < -0.39 is 10.0 Å². The summed E-state index contributed by atoms with van der Waals surface area (Å²) in [5.41, 5.74) is 1.36. The van der Waals surface area contributed by atoms with E-state index in [1.165, 1.54) is 21.7 Å². The van der Waals surface area contributed by atoms with Gasteiger partial charge in [0.25, 0.3) is 0 Å². The Morgan fingerprint density at radius 2 is 1.92 bits per heavy atom. The van der Waals surface area contributed by atoms with Crippen molar-refractivity contribution < 1.29 is 17.9 Å². The van der Waals surface area contributed by atoms with Crippen LogP contribution in [0.15, 0.2) is 39.9 Å². The van der Waals surface area contributed by atoms with Gasteiger partial charge in [0.1, 0.15) is 10.6 Å². The topological polar surface area (TPSA) is 75.7 Å². The van der Waals surface area contributed by atoms with Gasteiger partial charge in [-0.1, -0.05) is 13.8 Å². The van der Waals surface area contributed by atoms with Crippen molar-refractivity contribution in [2.45, 2.75) is 32.1 Å². The molecule has 8 heteroatoms. The van der Waals surface area contributed by atoms with Crippen LogP contribution in [0.5, 0.6) is 5.75 Å². The maximum absolute atomic E-state index is 12.9. The molecule has 1 aromatic heterocycles. The fourth-order valence-electron chi connectivity index (χ4n) is 2.55. The SMILES string of the molecule is CCOc1ccc(NC(=O)Cc2ccsc2)cc1S(=O)(=O)N(CC)CC. The van der Waals surface area contributed by atoms with Gasteiger partial charge in [0, 0.05) is 18.8 Å². The van der Waals surface area contributed by atoms with E-state index in [4.69, 9.17) is 4.74 Å². The maximum atomic E-state index is 12.9. The van der Waals surface area contributed by atoms with Gasteiger partial charge in [0.05, 0.1) is 13.0 Å². The number of anilines is 1. The van der Waals surface area contributed by atoms with E-state index in [-0.39, 0.29) is 23.0 Å². The zero-order valence-corrected chi connectivity index (χ0v) is 16.8. The standard InChI is InChI=1S/C18H24N2O4S2/c1-4-20(5-2)26(22,23)17-12-15(7-8-16(17)24-6-3)19-18(21)11-14-9-10-25-13-14/h7-10,12-13H,4-6,11H2,1-3H3,(H,19,21). The number of benzene rings is 1. The van der Waals surface area contributed by atoms with Gasteiger partial charge in [0.15, 0.2) is 0 Å². The quantitative estimate of drug-likeness (QED) is 0.705. The summed E-state index contributed by atoms with van der Waals surface area (Å²) in [6.07, 6.45) is 0.245. The molecule has 0 saturated carbocycles. The molecule has 0 aliphatic heterocycles. The Balaban J connectivity index is 2.31. The highest BCUT2D eigenvalue weighted by Gasteiger charge is 2.26. The first-order valence-electron chi connectivity index (χ1n) is 8.50. The number of hydrogen-bond donors (Lipinski definition) is 1. The first-order valence-corrected chi connectivity index (χ1v) is 10.9. The second-order valence-corrected chi connectivity index (χ2v) is 8.23. The van der Waals surface area contributed by atoms with Crippen LogP contribution in [0.4, 0.5) is 5.69 Å². The fraction of sp³-hybridized carbons (Fsp3) is 0.389. The summed E-state index contributed by atoms with van der Waals surface area (Å²) in [6.45, 7) is 6.44. The molecule has 1 heterocycles. The van der Waals surface area contributed by atoms with Crippen molar-refractivity contribution in [3.05, 3.63) is 40.6 Å². The Labute approximate surface area is 158 Å². The van der Waals surface area contributed by atoms with Crippen molar-refractivity contribution in [2.24, 2.45) is 0 Å². The number of sulfonamides is 1. The lowest BCUT2D eigenvalue weighted by Crippen LogP contribution is -2.31. The third-order valence-corrected chi connectivity index (χ3v) is 6.60. The molecule has 142 valence electrons. The summed E-state index contributed by atoms with van der Waals surface area (Å²) < 4.78 is 32.7. The normalized spacial score (nSPS) is 11.5. The predicted molar refractivity (Wildman–Crippen MR) is 104 cm³/mol. The molecule has 6 nitrogen and oxygen atoms in total. The second kappa shape index (κ2) is 9.16. The molecule has 0 aliphatic rings. The molecule has 2 rings (SSSR count). The molecular weight excluding hydrogens is 372 g/mol. The van der Waals surface area contributed by atoms with E-state index in [0.717, 1.165) is 5.56 Å². The molecule has 1 N–H and O–H groups in total. The molecule has 0 radical (unpaired) electrons. The van der Waals surface area contributed by atoms with Gasteiger partial charge in [-0.2, -0.15) is 15.6 Å². The molecule has 0 unspecified atom stereocenters. The van der Waals surface area contributed by atoms with Crippen LogP contribution in [0.25, 0.3) is 0 Å². The molecule has 0 saturated heterocycles. The van der Waals surface area contributed by atoms with Crippen LogP contribution in [0, 0.1) is 0 Å². The number of ether oxygens (including phenoxy) is 1. The van der Waals surface area contributed by atoms with Crippen LogP contribution in [0.3, 0.4) is 0 Å². The summed E-state index contributed by atoms with van der Waals surface area (Å²) >= 11 is 1.53. The smallest absolute Gasteiger partial charge is 0.246 e. The monoisotopic (exact) mass is 396 g/mol. The molecule has 0 bridgehead atoms. The summed E-state index contributed by atoms with van der Waals surface area (Å²) in [7, 11) is -3.70. The highest BCUT2D eigenvalue weighted by atomic mass is 32.2. The van der Waals surface area contributed by atoms with Crippen molar-refractivity contribution >= 4 is 33.0 Å². The second-order valence-electron chi connectivity index (χ2n) is 5.54. The summed E-state index contributed by atoms with van der Waals surface area (Å²) in [5, 5.41) is 6.59. The molecule has 1 amide bonds. The zero-order valence-electron chi connectivity index (χ0n) is 15.2. The van der Waals surface area contributed by atoms with E-state index in [9.17, 15) is 13.2 Å². The van der Waals surface area contributed by atoms with Crippen molar-refractivity contribution in [1.29, 1.82) is 0 Å². The minimum Gasteiger partial charge on any atom is -0.492 e. The number of rotatable bonds is 9. The van der Waals surface area contributed by atoms with E-state index in [2.05, 4.69) is 5.32 Å². The van der Waals surface area contributed by atoms with Gasteiger partial charge in [-0.25, -0.2) is 8.42 Å². The lowest BCUT2D eigenvalue weighted by Gasteiger charge is -2.21. The molecular formula is C18H24N2O4S2. The zero-order chi connectivity index (χ0) is 19.2. The Hall–Kier alpha value is -1.90. The average Bonchev–Trinajstić information content (AvgIpc) is 3.10. The third kappa shape index (κ3) is 4.84. The van der Waals surface area contributed by atoms with E-state index in [0.29, 0.717) is 25.4 Å². The molecule has 0 atom stereocenters. The van der Waals surface area contributed by atoms with Gasteiger partial charge >= 0.3 is 0 Å². The van der Waals surface area contributed by atoms with Crippen molar-refractivity contribution in [2.75, 3.05) is 25.0 Å². The highest BCUT2D eigenvalue weighted by molar-refractivity contribution is 7.89. The Morgan fingerprint density at radius 1 is 1.19 bits per heavy atom. The molecule has 26 heavy (non-hydrogen) atoms. The highest BCUT2D eigenvalue weighted by Crippen LogP contribution is 2.30. The van der Waals surface area contributed by atoms with Gasteiger partial charge in [-0.15, -0.1) is 0 Å². The van der Waals surface area contributed by atoms with E-state index >= 15 is 0 Å². The van der Waals surface area contributed by atoms with Crippen molar-refractivity contribution in [1.82, 2.24) is 4.31 Å². The first kappa shape index (κ1) is 20.4. The van der Waals surface area contributed by atoms with Crippen molar-refractivity contribution in [3.63, 3.8) is 0 Å². The minimum atomic E-state index is -3.70. The lowest BCUT2D eigenvalue weighted by molar-refractivity contribution is -0.115. The number of nitrogens with one attached hydrogen (secondary N) is 1. The molecule has 2 aromatic rings. The summed E-state index contributed by atoms with van der Waals surface area (Å²) in [5.74, 6) is 0.0916. The Kier molecular flexibility index (Phi) is 7.19. The fourth-order valence-corrected chi connectivity index (χ4v) is 4.83. The van der Waals surface area contributed by atoms with Crippen LogP contribution in [-0.4, -0.2) is 38.3 Å². The van der Waals surface area contributed by atoms with Crippen molar-refractivity contribution in [3.8, 4) is 5.75 Å². The molecule has 1 aromatic carbocycles. The molecule has 0 spiro atoms.